The molecule has 0 aliphatic heterocycles. The number of benzene rings is 1. The molecule has 1 amide bonds. The number of hydrogen-bond acceptors (Lipinski definition) is 3. The maximum atomic E-state index is 13.5. The van der Waals surface area contributed by atoms with Crippen molar-refractivity contribution < 1.29 is 23.8 Å². The zero-order chi connectivity index (χ0) is 12.1. The second-order valence-corrected chi connectivity index (χ2v) is 2.90. The van der Waals surface area contributed by atoms with E-state index >= 15 is 0 Å². The number of carbonyl (C=O) groups excluding carboxylic acids is 1. The summed E-state index contributed by atoms with van der Waals surface area (Å²) in [7, 11) is 1.28. The summed E-state index contributed by atoms with van der Waals surface area (Å²) in [6.45, 7) is -0.560. The molecule has 5 nitrogen and oxygen atoms in total. The Morgan fingerprint density at radius 2 is 2.19 bits per heavy atom. The monoisotopic (exact) mass is 227 g/mol. The first-order chi connectivity index (χ1) is 7.56. The highest BCUT2D eigenvalue weighted by atomic mass is 19.1. The Morgan fingerprint density at radius 1 is 1.50 bits per heavy atom. The van der Waals surface area contributed by atoms with E-state index in [1.165, 1.54) is 25.3 Å². The molecule has 0 saturated carbocycles. The van der Waals surface area contributed by atoms with Crippen molar-refractivity contribution in [2.24, 2.45) is 0 Å². The molecule has 0 aromatic heterocycles. The van der Waals surface area contributed by atoms with Crippen LogP contribution in [-0.2, 0) is 4.79 Å². The van der Waals surface area contributed by atoms with E-state index in [-0.39, 0.29) is 11.3 Å². The van der Waals surface area contributed by atoms with Crippen molar-refractivity contribution in [1.29, 1.82) is 0 Å². The zero-order valence-corrected chi connectivity index (χ0v) is 8.49. The minimum absolute atomic E-state index is 0.0667. The minimum Gasteiger partial charge on any atom is -0.494 e. The number of carbonyl (C=O) groups is 2. The van der Waals surface area contributed by atoms with Crippen LogP contribution < -0.4 is 10.1 Å². The topological polar surface area (TPSA) is 75.6 Å². The second-order valence-electron chi connectivity index (χ2n) is 2.90. The highest BCUT2D eigenvalue weighted by Gasteiger charge is 2.15. The number of methoxy groups -OCH3 is 1. The van der Waals surface area contributed by atoms with Crippen molar-refractivity contribution in [2.45, 2.75) is 0 Å². The molecule has 0 atom stereocenters. The van der Waals surface area contributed by atoms with Crippen LogP contribution in [0.15, 0.2) is 18.2 Å². The van der Waals surface area contributed by atoms with Gasteiger partial charge in [-0.25, -0.2) is 4.39 Å². The van der Waals surface area contributed by atoms with Gasteiger partial charge >= 0.3 is 5.97 Å². The molecule has 0 bridgehead atoms. The lowest BCUT2D eigenvalue weighted by Crippen LogP contribution is -2.29. The van der Waals surface area contributed by atoms with Gasteiger partial charge in [0.25, 0.3) is 5.91 Å². The number of aliphatic carboxylic acids is 1. The molecule has 0 radical (unpaired) electrons. The van der Waals surface area contributed by atoms with Crippen molar-refractivity contribution in [3.63, 3.8) is 0 Å². The molecule has 0 spiro atoms. The average Bonchev–Trinajstić information content (AvgIpc) is 2.26. The van der Waals surface area contributed by atoms with Gasteiger partial charge in [0.2, 0.25) is 0 Å². The summed E-state index contributed by atoms with van der Waals surface area (Å²) in [5.41, 5.74) is -0.249. The number of rotatable bonds is 4. The molecule has 6 heteroatoms. The van der Waals surface area contributed by atoms with E-state index in [1.807, 2.05) is 0 Å². The summed E-state index contributed by atoms with van der Waals surface area (Å²) < 4.78 is 18.2. The Morgan fingerprint density at radius 3 is 2.75 bits per heavy atom. The van der Waals surface area contributed by atoms with Gasteiger partial charge < -0.3 is 15.2 Å². The van der Waals surface area contributed by atoms with Crippen molar-refractivity contribution in [3.05, 3.63) is 29.6 Å². The lowest BCUT2D eigenvalue weighted by atomic mass is 10.2. The maximum Gasteiger partial charge on any atom is 0.322 e. The molecule has 0 unspecified atom stereocenters. The highest BCUT2D eigenvalue weighted by molar-refractivity contribution is 5.96. The number of ether oxygens (including phenoxy) is 1. The number of carboxylic acids is 1. The van der Waals surface area contributed by atoms with E-state index in [1.54, 1.807) is 0 Å². The first-order valence-corrected chi connectivity index (χ1v) is 4.38. The van der Waals surface area contributed by atoms with Crippen molar-refractivity contribution in [2.75, 3.05) is 13.7 Å². The van der Waals surface area contributed by atoms with Crippen LogP contribution in [0.25, 0.3) is 0 Å². The van der Waals surface area contributed by atoms with Crippen LogP contribution in [0.2, 0.25) is 0 Å². The molecule has 2 N–H and O–H groups in total. The van der Waals surface area contributed by atoms with Crippen LogP contribution >= 0.6 is 0 Å². The smallest absolute Gasteiger partial charge is 0.322 e. The molecule has 0 aliphatic carbocycles. The van der Waals surface area contributed by atoms with Crippen molar-refractivity contribution >= 4 is 11.9 Å². The van der Waals surface area contributed by atoms with Crippen LogP contribution in [0.4, 0.5) is 4.39 Å². The van der Waals surface area contributed by atoms with Crippen LogP contribution in [0, 0.1) is 5.82 Å². The predicted octanol–water partition coefficient (Wildman–Crippen LogP) is 0.649. The first kappa shape index (κ1) is 12.0. The number of carboxylic acid groups (broad SMARTS) is 1. The summed E-state index contributed by atoms with van der Waals surface area (Å²) in [6.07, 6.45) is 0. The van der Waals surface area contributed by atoms with E-state index in [2.05, 4.69) is 5.32 Å². The van der Waals surface area contributed by atoms with E-state index < -0.39 is 24.2 Å². The standard InChI is InChI=1S/C10H10FNO4/c1-16-7-4-2-3-6(9(7)11)10(15)12-5-8(13)14/h2-4H,5H2,1H3,(H,12,15)(H,13,14). The Balaban J connectivity index is 2.87. The fourth-order valence-corrected chi connectivity index (χ4v) is 1.09. The lowest BCUT2D eigenvalue weighted by molar-refractivity contribution is -0.135. The SMILES string of the molecule is COc1cccc(C(=O)NCC(=O)O)c1F. The molecule has 0 saturated heterocycles. The number of nitrogens with one attached hydrogen (secondary N) is 1. The average molecular weight is 227 g/mol. The fraction of sp³-hybridized carbons (Fsp3) is 0.200. The van der Waals surface area contributed by atoms with Gasteiger partial charge in [-0.2, -0.15) is 0 Å². The van der Waals surface area contributed by atoms with Gasteiger partial charge in [0.15, 0.2) is 11.6 Å². The summed E-state index contributed by atoms with van der Waals surface area (Å²) in [6, 6.07) is 4.05. The number of hydrogen-bond donors (Lipinski definition) is 2. The fourth-order valence-electron chi connectivity index (χ4n) is 1.09. The minimum atomic E-state index is -1.20. The summed E-state index contributed by atoms with van der Waals surface area (Å²) in [4.78, 5) is 21.6. The lowest BCUT2D eigenvalue weighted by Gasteiger charge is -2.06. The third-order valence-electron chi connectivity index (χ3n) is 1.83. The van der Waals surface area contributed by atoms with E-state index in [9.17, 15) is 14.0 Å². The van der Waals surface area contributed by atoms with Gasteiger partial charge in [0.05, 0.1) is 12.7 Å². The molecule has 1 aromatic rings. The van der Waals surface area contributed by atoms with Gasteiger partial charge in [-0.1, -0.05) is 6.07 Å². The molecule has 0 heterocycles. The summed E-state index contributed by atoms with van der Waals surface area (Å²) in [5.74, 6) is -2.87. The molecule has 86 valence electrons. The van der Waals surface area contributed by atoms with Gasteiger partial charge in [-0.05, 0) is 12.1 Å². The summed E-state index contributed by atoms with van der Waals surface area (Å²) >= 11 is 0. The van der Waals surface area contributed by atoms with Crippen LogP contribution in [0.1, 0.15) is 10.4 Å². The van der Waals surface area contributed by atoms with E-state index in [4.69, 9.17) is 9.84 Å². The molecule has 0 fully saturated rings. The highest BCUT2D eigenvalue weighted by Crippen LogP contribution is 2.19. The number of halogens is 1. The number of amides is 1. The van der Waals surface area contributed by atoms with Gasteiger partial charge in [0.1, 0.15) is 6.54 Å². The normalized spacial score (nSPS) is 9.62. The van der Waals surface area contributed by atoms with E-state index in [0.717, 1.165) is 0 Å². The van der Waals surface area contributed by atoms with Crippen molar-refractivity contribution in [1.82, 2.24) is 5.32 Å². The molecule has 0 aliphatic rings. The zero-order valence-electron chi connectivity index (χ0n) is 8.49. The largest absolute Gasteiger partial charge is 0.494 e. The Labute approximate surface area is 90.8 Å². The first-order valence-electron chi connectivity index (χ1n) is 4.38. The molecule has 1 rings (SSSR count). The Kier molecular flexibility index (Phi) is 3.82. The molecular formula is C10H10FNO4. The third-order valence-corrected chi connectivity index (χ3v) is 1.83. The predicted molar refractivity (Wildman–Crippen MR) is 52.9 cm³/mol. The van der Waals surface area contributed by atoms with Crippen LogP contribution in [0.5, 0.6) is 5.75 Å². The van der Waals surface area contributed by atoms with E-state index in [0.29, 0.717) is 0 Å². The Hall–Kier alpha value is -2.11. The van der Waals surface area contributed by atoms with Gasteiger partial charge in [-0.3, -0.25) is 9.59 Å². The molecular weight excluding hydrogens is 217 g/mol. The van der Waals surface area contributed by atoms with Gasteiger partial charge in [-0.15, -0.1) is 0 Å². The second kappa shape index (κ2) is 5.11. The van der Waals surface area contributed by atoms with Crippen molar-refractivity contribution in [3.8, 4) is 5.75 Å². The molecule has 16 heavy (non-hydrogen) atoms. The molecule has 1 aromatic carbocycles. The van der Waals surface area contributed by atoms with Gasteiger partial charge in [0, 0.05) is 0 Å². The summed E-state index contributed by atoms with van der Waals surface area (Å²) in [5, 5.41) is 10.4. The third kappa shape index (κ3) is 2.69. The van der Waals surface area contributed by atoms with Crippen LogP contribution in [0.3, 0.4) is 0 Å². The van der Waals surface area contributed by atoms with Crippen LogP contribution in [-0.4, -0.2) is 30.6 Å². The maximum absolute atomic E-state index is 13.5. The Bertz CT molecular complexity index is 419. The quantitative estimate of drug-likeness (QED) is 0.791.